The predicted molar refractivity (Wildman–Crippen MR) is 65.9 cm³/mol. The SMILES string of the molecule is CNC(c1cnccc1N)c1ccc(F)c(F)c1F. The Labute approximate surface area is 108 Å². The van der Waals surface area contributed by atoms with E-state index in [2.05, 4.69) is 10.3 Å². The molecule has 1 aromatic carbocycles. The monoisotopic (exact) mass is 267 g/mol. The molecule has 1 unspecified atom stereocenters. The number of hydrogen-bond donors (Lipinski definition) is 2. The fraction of sp³-hybridized carbons (Fsp3) is 0.154. The van der Waals surface area contributed by atoms with Crippen molar-refractivity contribution in [3.05, 3.63) is 59.2 Å². The number of pyridine rings is 1. The summed E-state index contributed by atoms with van der Waals surface area (Å²) < 4.78 is 40.0. The molecule has 0 saturated heterocycles. The van der Waals surface area contributed by atoms with E-state index in [1.807, 2.05) is 0 Å². The molecular formula is C13H12F3N3. The van der Waals surface area contributed by atoms with Crippen LogP contribution < -0.4 is 11.1 Å². The van der Waals surface area contributed by atoms with Crippen molar-refractivity contribution in [2.45, 2.75) is 6.04 Å². The number of anilines is 1. The van der Waals surface area contributed by atoms with Gasteiger partial charge in [-0.2, -0.15) is 0 Å². The highest BCUT2D eigenvalue weighted by Gasteiger charge is 2.22. The fourth-order valence-corrected chi connectivity index (χ4v) is 1.90. The summed E-state index contributed by atoms with van der Waals surface area (Å²) in [5, 5.41) is 2.81. The van der Waals surface area contributed by atoms with Crippen LogP contribution in [0.5, 0.6) is 0 Å². The van der Waals surface area contributed by atoms with Gasteiger partial charge in [-0.15, -0.1) is 0 Å². The molecule has 2 aromatic rings. The first-order valence-corrected chi connectivity index (χ1v) is 5.56. The fourth-order valence-electron chi connectivity index (χ4n) is 1.90. The van der Waals surface area contributed by atoms with Gasteiger partial charge in [0.15, 0.2) is 17.5 Å². The van der Waals surface area contributed by atoms with E-state index in [1.165, 1.54) is 18.5 Å². The Hall–Kier alpha value is -2.08. The van der Waals surface area contributed by atoms with Crippen LogP contribution in [-0.4, -0.2) is 12.0 Å². The van der Waals surface area contributed by atoms with Crippen LogP contribution in [0.25, 0.3) is 0 Å². The molecule has 0 fully saturated rings. The van der Waals surface area contributed by atoms with Gasteiger partial charge in [-0.05, 0) is 19.2 Å². The molecule has 100 valence electrons. The smallest absolute Gasteiger partial charge is 0.194 e. The highest BCUT2D eigenvalue weighted by atomic mass is 19.2. The molecule has 0 radical (unpaired) electrons. The van der Waals surface area contributed by atoms with Crippen molar-refractivity contribution >= 4 is 5.69 Å². The van der Waals surface area contributed by atoms with Gasteiger partial charge in [0, 0.05) is 29.2 Å². The molecule has 2 rings (SSSR count). The standard InChI is InChI=1S/C13H12F3N3/c1-18-13(8-6-19-5-4-10(8)17)7-2-3-9(14)12(16)11(7)15/h2-6,13,18H,1H3,(H2,17,19). The normalized spacial score (nSPS) is 12.4. The van der Waals surface area contributed by atoms with Gasteiger partial charge in [0.25, 0.3) is 0 Å². The number of halogens is 3. The van der Waals surface area contributed by atoms with Crippen molar-refractivity contribution in [3.8, 4) is 0 Å². The number of aromatic nitrogens is 1. The van der Waals surface area contributed by atoms with Crippen LogP contribution in [-0.2, 0) is 0 Å². The molecule has 19 heavy (non-hydrogen) atoms. The lowest BCUT2D eigenvalue weighted by Crippen LogP contribution is -2.21. The third-order valence-electron chi connectivity index (χ3n) is 2.86. The molecule has 3 nitrogen and oxygen atoms in total. The lowest BCUT2D eigenvalue weighted by atomic mass is 9.98. The Bertz CT molecular complexity index is 602. The number of hydrogen-bond acceptors (Lipinski definition) is 3. The Morgan fingerprint density at radius 3 is 2.47 bits per heavy atom. The molecule has 1 aromatic heterocycles. The molecular weight excluding hydrogens is 255 g/mol. The molecule has 1 atom stereocenters. The summed E-state index contributed by atoms with van der Waals surface area (Å²) in [5.74, 6) is -3.96. The summed E-state index contributed by atoms with van der Waals surface area (Å²) >= 11 is 0. The van der Waals surface area contributed by atoms with E-state index in [4.69, 9.17) is 5.73 Å². The molecule has 0 aliphatic rings. The first-order chi connectivity index (χ1) is 9.06. The van der Waals surface area contributed by atoms with Gasteiger partial charge in [-0.25, -0.2) is 13.2 Å². The highest BCUT2D eigenvalue weighted by Crippen LogP contribution is 2.29. The maximum Gasteiger partial charge on any atom is 0.194 e. The van der Waals surface area contributed by atoms with E-state index in [0.29, 0.717) is 11.3 Å². The van der Waals surface area contributed by atoms with Crippen molar-refractivity contribution in [2.24, 2.45) is 0 Å². The second-order valence-corrected chi connectivity index (χ2v) is 3.99. The van der Waals surface area contributed by atoms with E-state index in [1.54, 1.807) is 13.1 Å². The lowest BCUT2D eigenvalue weighted by molar-refractivity contribution is 0.435. The van der Waals surface area contributed by atoms with Gasteiger partial charge < -0.3 is 11.1 Å². The Morgan fingerprint density at radius 2 is 1.84 bits per heavy atom. The Morgan fingerprint density at radius 1 is 1.11 bits per heavy atom. The van der Waals surface area contributed by atoms with E-state index in [9.17, 15) is 13.2 Å². The maximum absolute atomic E-state index is 13.8. The largest absolute Gasteiger partial charge is 0.398 e. The van der Waals surface area contributed by atoms with Crippen LogP contribution in [0.1, 0.15) is 17.2 Å². The van der Waals surface area contributed by atoms with Crippen LogP contribution in [0.4, 0.5) is 18.9 Å². The molecule has 3 N–H and O–H groups in total. The highest BCUT2D eigenvalue weighted by molar-refractivity contribution is 5.49. The minimum atomic E-state index is -1.50. The zero-order chi connectivity index (χ0) is 14.0. The van der Waals surface area contributed by atoms with Crippen LogP contribution >= 0.6 is 0 Å². The second kappa shape index (κ2) is 5.27. The number of nitrogens with one attached hydrogen (secondary N) is 1. The van der Waals surface area contributed by atoms with Gasteiger partial charge in [0.1, 0.15) is 0 Å². The predicted octanol–water partition coefficient (Wildman–Crippen LogP) is 2.39. The third-order valence-corrected chi connectivity index (χ3v) is 2.86. The van der Waals surface area contributed by atoms with E-state index in [-0.39, 0.29) is 5.56 Å². The van der Waals surface area contributed by atoms with Crippen molar-refractivity contribution in [3.63, 3.8) is 0 Å². The Kier molecular flexibility index (Phi) is 3.71. The van der Waals surface area contributed by atoms with Crippen LogP contribution in [0.15, 0.2) is 30.6 Å². The summed E-state index contributed by atoms with van der Waals surface area (Å²) in [6.45, 7) is 0. The van der Waals surface area contributed by atoms with E-state index in [0.717, 1.165) is 6.07 Å². The van der Waals surface area contributed by atoms with Crippen LogP contribution in [0.2, 0.25) is 0 Å². The summed E-state index contributed by atoms with van der Waals surface area (Å²) in [6, 6.07) is 2.91. The number of nitrogen functional groups attached to an aromatic ring is 1. The molecule has 0 saturated carbocycles. The number of nitrogens with zero attached hydrogens (tertiary/aromatic N) is 1. The summed E-state index contributed by atoms with van der Waals surface area (Å²) in [7, 11) is 1.57. The van der Waals surface area contributed by atoms with Gasteiger partial charge in [0.05, 0.1) is 6.04 Å². The molecule has 1 heterocycles. The van der Waals surface area contributed by atoms with Crippen molar-refractivity contribution in [1.29, 1.82) is 0 Å². The zero-order valence-electron chi connectivity index (χ0n) is 10.1. The second-order valence-electron chi connectivity index (χ2n) is 3.99. The molecule has 0 spiro atoms. The average Bonchev–Trinajstić information content (AvgIpc) is 2.41. The van der Waals surface area contributed by atoms with Gasteiger partial charge in [-0.3, -0.25) is 4.98 Å². The zero-order valence-corrected chi connectivity index (χ0v) is 10.1. The molecule has 6 heteroatoms. The average molecular weight is 267 g/mol. The molecule has 0 aliphatic heterocycles. The Balaban J connectivity index is 2.55. The van der Waals surface area contributed by atoms with Crippen molar-refractivity contribution < 1.29 is 13.2 Å². The number of rotatable bonds is 3. The molecule has 0 aliphatic carbocycles. The van der Waals surface area contributed by atoms with E-state index < -0.39 is 23.5 Å². The number of nitrogens with two attached hydrogens (primary N) is 1. The minimum absolute atomic E-state index is 0.0268. The lowest BCUT2D eigenvalue weighted by Gasteiger charge is -2.19. The van der Waals surface area contributed by atoms with Gasteiger partial charge in [-0.1, -0.05) is 6.07 Å². The maximum atomic E-state index is 13.8. The molecule has 0 bridgehead atoms. The minimum Gasteiger partial charge on any atom is -0.398 e. The van der Waals surface area contributed by atoms with Crippen LogP contribution in [0, 0.1) is 17.5 Å². The van der Waals surface area contributed by atoms with E-state index >= 15 is 0 Å². The van der Waals surface area contributed by atoms with Crippen molar-refractivity contribution in [1.82, 2.24) is 10.3 Å². The van der Waals surface area contributed by atoms with Gasteiger partial charge >= 0.3 is 0 Å². The summed E-state index contributed by atoms with van der Waals surface area (Å²) in [6.07, 6.45) is 2.95. The first kappa shape index (κ1) is 13.4. The first-order valence-electron chi connectivity index (χ1n) is 5.56. The van der Waals surface area contributed by atoms with Crippen molar-refractivity contribution in [2.75, 3.05) is 12.8 Å². The third kappa shape index (κ3) is 2.39. The van der Waals surface area contributed by atoms with Gasteiger partial charge in [0.2, 0.25) is 0 Å². The number of benzene rings is 1. The summed E-state index contributed by atoms with van der Waals surface area (Å²) in [4.78, 5) is 3.90. The topological polar surface area (TPSA) is 50.9 Å². The molecule has 0 amide bonds. The van der Waals surface area contributed by atoms with Crippen LogP contribution in [0.3, 0.4) is 0 Å². The summed E-state index contributed by atoms with van der Waals surface area (Å²) in [5.41, 5.74) is 6.64. The quantitative estimate of drug-likeness (QED) is 0.839.